The first kappa shape index (κ1) is 24.4. The van der Waals surface area contributed by atoms with Crippen molar-refractivity contribution in [2.75, 3.05) is 44.2 Å². The first-order valence-corrected chi connectivity index (χ1v) is 12.2. The highest BCUT2D eigenvalue weighted by molar-refractivity contribution is 14.0. The molecule has 4 rings (SSSR count). The van der Waals surface area contributed by atoms with E-state index in [4.69, 9.17) is 9.41 Å². The van der Waals surface area contributed by atoms with Crippen molar-refractivity contribution in [1.82, 2.24) is 15.5 Å². The van der Waals surface area contributed by atoms with Crippen LogP contribution in [0.25, 0.3) is 0 Å². The second-order valence-electron chi connectivity index (χ2n) is 8.28. The predicted octanol–water partition coefficient (Wildman–Crippen LogP) is 4.63. The summed E-state index contributed by atoms with van der Waals surface area (Å²) in [5.41, 5.74) is 0. The zero-order chi connectivity index (χ0) is 20.8. The number of rotatable bonds is 7. The number of halogens is 1. The fourth-order valence-corrected chi connectivity index (χ4v) is 5.24. The number of guanidine groups is 1. The number of likely N-dealkylation sites (tertiary alicyclic amines) is 1. The molecule has 2 saturated heterocycles. The highest BCUT2D eigenvalue weighted by Crippen LogP contribution is 2.27. The Balaban J connectivity index is 0.00000272. The number of aliphatic imine (C=N–C) groups is 1. The van der Waals surface area contributed by atoms with Gasteiger partial charge in [-0.25, -0.2) is 0 Å². The van der Waals surface area contributed by atoms with Crippen LogP contribution in [-0.4, -0.2) is 56.2 Å². The van der Waals surface area contributed by atoms with Gasteiger partial charge in [0.1, 0.15) is 11.5 Å². The van der Waals surface area contributed by atoms with Gasteiger partial charge in [-0.1, -0.05) is 0 Å². The Morgan fingerprint density at radius 3 is 2.58 bits per heavy atom. The summed E-state index contributed by atoms with van der Waals surface area (Å²) in [6.45, 7) is 10.2. The number of nitrogens with zero attached hydrogens (tertiary/aromatic N) is 3. The van der Waals surface area contributed by atoms with E-state index in [2.05, 4.69) is 57.0 Å². The molecule has 2 aliphatic rings. The lowest BCUT2D eigenvalue weighted by molar-refractivity contribution is 0.219. The van der Waals surface area contributed by atoms with Gasteiger partial charge >= 0.3 is 0 Å². The molecule has 0 radical (unpaired) electrons. The molecule has 2 fully saturated rings. The molecule has 31 heavy (non-hydrogen) atoms. The largest absolute Gasteiger partial charge is 0.465 e. The van der Waals surface area contributed by atoms with Gasteiger partial charge in [0.05, 0.1) is 17.6 Å². The van der Waals surface area contributed by atoms with Crippen LogP contribution < -0.4 is 15.5 Å². The van der Waals surface area contributed by atoms with Crippen LogP contribution in [-0.2, 0) is 0 Å². The van der Waals surface area contributed by atoms with Crippen molar-refractivity contribution in [2.45, 2.75) is 51.6 Å². The molecule has 0 saturated carbocycles. The molecule has 1 unspecified atom stereocenters. The summed E-state index contributed by atoms with van der Waals surface area (Å²) < 4.78 is 5.99. The average molecular weight is 558 g/mol. The van der Waals surface area contributed by atoms with Crippen molar-refractivity contribution in [3.8, 4) is 0 Å². The molecule has 1 atom stereocenters. The van der Waals surface area contributed by atoms with Crippen molar-refractivity contribution in [3.63, 3.8) is 0 Å². The van der Waals surface area contributed by atoms with E-state index in [1.165, 1.54) is 17.8 Å². The molecule has 0 aliphatic carbocycles. The quantitative estimate of drug-likeness (QED) is 0.296. The lowest BCUT2D eigenvalue weighted by Gasteiger charge is -2.33. The van der Waals surface area contributed by atoms with Crippen LogP contribution >= 0.6 is 35.3 Å². The number of hydrogen-bond acceptors (Lipinski definition) is 5. The molecule has 0 bridgehead atoms. The third-order valence-electron chi connectivity index (χ3n) is 6.09. The summed E-state index contributed by atoms with van der Waals surface area (Å²) in [6.07, 6.45) is 4.80. The van der Waals surface area contributed by atoms with E-state index >= 15 is 0 Å². The zero-order valence-corrected chi connectivity index (χ0v) is 21.8. The third-order valence-corrected chi connectivity index (χ3v) is 7.02. The van der Waals surface area contributed by atoms with Crippen LogP contribution in [0.1, 0.15) is 50.2 Å². The number of piperidine rings is 1. The monoisotopic (exact) mass is 557 g/mol. The Hall–Kier alpha value is -1.26. The molecule has 0 aromatic carbocycles. The number of hydrogen-bond donors (Lipinski definition) is 2. The molecule has 172 valence electrons. The van der Waals surface area contributed by atoms with Crippen molar-refractivity contribution in [1.29, 1.82) is 0 Å². The van der Waals surface area contributed by atoms with E-state index in [0.29, 0.717) is 6.04 Å². The Morgan fingerprint density at radius 2 is 1.97 bits per heavy atom. The van der Waals surface area contributed by atoms with E-state index in [9.17, 15) is 0 Å². The van der Waals surface area contributed by atoms with Crippen LogP contribution in [0.15, 0.2) is 39.1 Å². The molecule has 6 nitrogen and oxygen atoms in total. The van der Waals surface area contributed by atoms with Gasteiger partial charge in [-0.05, 0) is 82.3 Å². The lowest BCUT2D eigenvalue weighted by Crippen LogP contribution is -2.49. The molecule has 4 heterocycles. The maximum absolute atomic E-state index is 5.99. The predicted molar refractivity (Wildman–Crippen MR) is 141 cm³/mol. The Bertz CT molecular complexity index is 795. The number of anilines is 1. The summed E-state index contributed by atoms with van der Waals surface area (Å²) in [5.74, 6) is 2.94. The van der Waals surface area contributed by atoms with Crippen molar-refractivity contribution >= 4 is 46.3 Å². The van der Waals surface area contributed by atoms with Gasteiger partial charge in [-0.15, -0.1) is 35.3 Å². The van der Waals surface area contributed by atoms with Crippen molar-refractivity contribution < 1.29 is 4.42 Å². The van der Waals surface area contributed by atoms with Crippen LogP contribution in [0.3, 0.4) is 0 Å². The normalized spacial score (nSPS) is 19.3. The maximum Gasteiger partial charge on any atom is 0.191 e. The van der Waals surface area contributed by atoms with E-state index in [-0.39, 0.29) is 30.0 Å². The molecule has 2 aromatic rings. The van der Waals surface area contributed by atoms with Crippen LogP contribution in [0.4, 0.5) is 5.00 Å². The molecule has 0 amide bonds. The summed E-state index contributed by atoms with van der Waals surface area (Å²) >= 11 is 1.83. The smallest absolute Gasteiger partial charge is 0.191 e. The van der Waals surface area contributed by atoms with E-state index in [1.54, 1.807) is 0 Å². The standard InChI is InChI=1S/C23H35N5OS.HI/c1-3-24-23(26-19-10-14-28(15-11-19)22-7-6-16-30-22)25-17-20(27-12-4-5-13-27)21-9-8-18(2)29-21;/h6-9,16,19-20H,3-5,10-15,17H2,1-2H3,(H2,24,25,26);1H. The number of thiophene rings is 1. The van der Waals surface area contributed by atoms with Gasteiger partial charge in [-0.2, -0.15) is 0 Å². The van der Waals surface area contributed by atoms with Gasteiger partial charge < -0.3 is 20.0 Å². The molecule has 8 heteroatoms. The summed E-state index contributed by atoms with van der Waals surface area (Å²) in [6, 6.07) is 9.23. The Labute approximate surface area is 207 Å². The Kier molecular flexibility index (Phi) is 9.52. The second kappa shape index (κ2) is 12.1. The molecule has 2 aliphatic heterocycles. The molecule has 0 spiro atoms. The van der Waals surface area contributed by atoms with Gasteiger partial charge in [0.15, 0.2) is 5.96 Å². The fourth-order valence-electron chi connectivity index (χ4n) is 4.46. The highest BCUT2D eigenvalue weighted by Gasteiger charge is 2.26. The van der Waals surface area contributed by atoms with E-state index in [1.807, 2.05) is 18.3 Å². The number of nitrogens with one attached hydrogen (secondary N) is 2. The van der Waals surface area contributed by atoms with Crippen molar-refractivity contribution in [2.24, 2.45) is 4.99 Å². The minimum absolute atomic E-state index is 0. The molecular weight excluding hydrogens is 521 g/mol. The van der Waals surface area contributed by atoms with Gasteiger partial charge in [0.25, 0.3) is 0 Å². The van der Waals surface area contributed by atoms with Gasteiger partial charge in [0, 0.05) is 25.7 Å². The summed E-state index contributed by atoms with van der Waals surface area (Å²) in [5, 5.41) is 10.7. The molecule has 2 N–H and O–H groups in total. The molecule has 2 aromatic heterocycles. The van der Waals surface area contributed by atoms with E-state index < -0.39 is 0 Å². The van der Waals surface area contributed by atoms with Gasteiger partial charge in [0.2, 0.25) is 0 Å². The zero-order valence-electron chi connectivity index (χ0n) is 18.7. The van der Waals surface area contributed by atoms with Crippen LogP contribution in [0.2, 0.25) is 0 Å². The summed E-state index contributed by atoms with van der Waals surface area (Å²) in [4.78, 5) is 10.0. The fraction of sp³-hybridized carbons (Fsp3) is 0.609. The second-order valence-corrected chi connectivity index (χ2v) is 9.21. The van der Waals surface area contributed by atoms with E-state index in [0.717, 1.165) is 69.6 Å². The highest BCUT2D eigenvalue weighted by atomic mass is 127. The molecular formula is C23H36IN5OS. The van der Waals surface area contributed by atoms with Gasteiger partial charge in [-0.3, -0.25) is 9.89 Å². The number of furan rings is 1. The van der Waals surface area contributed by atoms with Crippen molar-refractivity contribution in [3.05, 3.63) is 41.2 Å². The number of aryl methyl sites for hydroxylation is 1. The first-order chi connectivity index (χ1) is 14.7. The Morgan fingerprint density at radius 1 is 1.19 bits per heavy atom. The first-order valence-electron chi connectivity index (χ1n) is 11.4. The summed E-state index contributed by atoms with van der Waals surface area (Å²) in [7, 11) is 0. The van der Waals surface area contributed by atoms with Crippen LogP contribution in [0.5, 0.6) is 0 Å². The third kappa shape index (κ3) is 6.61. The SMILES string of the molecule is CCNC(=NCC(c1ccc(C)o1)N1CCCC1)NC1CCN(c2cccs2)CC1.I. The topological polar surface area (TPSA) is 56.0 Å². The minimum atomic E-state index is 0. The maximum atomic E-state index is 5.99. The van der Waals surface area contributed by atoms with Crippen LogP contribution in [0, 0.1) is 6.92 Å². The average Bonchev–Trinajstić information content (AvgIpc) is 3.52. The lowest BCUT2D eigenvalue weighted by atomic mass is 10.1. The minimum Gasteiger partial charge on any atom is -0.465 e.